The van der Waals surface area contributed by atoms with E-state index in [1.165, 1.54) is 57.8 Å². The van der Waals surface area contributed by atoms with E-state index in [0.717, 1.165) is 13.2 Å². The smallest absolute Gasteiger partial charge is 0.160 e. The molecule has 0 bridgehead atoms. The molecule has 2 nitrogen and oxygen atoms in total. The van der Waals surface area contributed by atoms with Crippen LogP contribution in [0.4, 0.5) is 0 Å². The molecule has 1 fully saturated rings. The second kappa shape index (κ2) is 10.8. The Morgan fingerprint density at radius 2 is 1.44 bits per heavy atom. The van der Waals surface area contributed by atoms with E-state index in [0.29, 0.717) is 5.92 Å². The van der Waals surface area contributed by atoms with Gasteiger partial charge in [0.1, 0.15) is 0 Å². The normalized spacial score (nSPS) is 19.0. The lowest BCUT2D eigenvalue weighted by atomic mass is 9.94. The van der Waals surface area contributed by atoms with E-state index >= 15 is 0 Å². The molecule has 0 aliphatic carbocycles. The second-order valence-electron chi connectivity index (χ2n) is 5.43. The molecule has 1 heterocycles. The van der Waals surface area contributed by atoms with Crippen molar-refractivity contribution in [2.45, 2.75) is 77.9 Å². The number of hydrogen-bond acceptors (Lipinski definition) is 2. The third-order valence-electron chi connectivity index (χ3n) is 3.75. The zero-order valence-electron chi connectivity index (χ0n) is 12.3. The molecule has 0 amide bonds. The zero-order chi connectivity index (χ0) is 13.1. The Hall–Kier alpha value is -0.0800. The van der Waals surface area contributed by atoms with Gasteiger partial charge in [-0.05, 0) is 12.8 Å². The Morgan fingerprint density at radius 1 is 0.889 bits per heavy atom. The molecule has 0 spiro atoms. The summed E-state index contributed by atoms with van der Waals surface area (Å²) in [6, 6.07) is 0. The van der Waals surface area contributed by atoms with Gasteiger partial charge < -0.3 is 9.47 Å². The molecule has 0 saturated carbocycles. The fraction of sp³-hybridized carbons (Fsp3) is 0.938. The van der Waals surface area contributed by atoms with Gasteiger partial charge in [0.25, 0.3) is 0 Å². The van der Waals surface area contributed by atoms with Gasteiger partial charge in [-0.2, -0.15) is 0 Å². The summed E-state index contributed by atoms with van der Waals surface area (Å²) >= 11 is 0. The first-order valence-corrected chi connectivity index (χ1v) is 7.93. The van der Waals surface area contributed by atoms with Crippen molar-refractivity contribution in [3.63, 3.8) is 0 Å². The van der Waals surface area contributed by atoms with Gasteiger partial charge in [-0.3, -0.25) is 0 Å². The van der Waals surface area contributed by atoms with Crippen LogP contribution in [0.15, 0.2) is 0 Å². The van der Waals surface area contributed by atoms with Crippen molar-refractivity contribution in [1.82, 2.24) is 0 Å². The first-order chi connectivity index (χ1) is 8.88. The molecule has 0 aromatic heterocycles. The summed E-state index contributed by atoms with van der Waals surface area (Å²) in [5, 5.41) is 0. The van der Waals surface area contributed by atoms with Gasteiger partial charge in [0.2, 0.25) is 0 Å². The molecule has 1 aliphatic heterocycles. The Labute approximate surface area is 113 Å². The molecule has 107 valence electrons. The minimum atomic E-state index is 0.0634. The molecule has 1 rings (SSSR count). The van der Waals surface area contributed by atoms with Crippen molar-refractivity contribution in [1.29, 1.82) is 0 Å². The molecule has 0 N–H and O–H groups in total. The van der Waals surface area contributed by atoms with E-state index in [1.807, 2.05) is 0 Å². The highest BCUT2D eigenvalue weighted by Gasteiger charge is 2.24. The number of hydrogen-bond donors (Lipinski definition) is 0. The maximum atomic E-state index is 5.75. The highest BCUT2D eigenvalue weighted by atomic mass is 16.7. The summed E-state index contributed by atoms with van der Waals surface area (Å²) in [7, 11) is 0. The maximum absolute atomic E-state index is 5.75. The first-order valence-electron chi connectivity index (χ1n) is 7.93. The Morgan fingerprint density at radius 3 is 2.06 bits per heavy atom. The molecule has 1 saturated heterocycles. The van der Waals surface area contributed by atoms with Crippen molar-refractivity contribution >= 4 is 0 Å². The fourth-order valence-corrected chi connectivity index (χ4v) is 2.60. The lowest BCUT2D eigenvalue weighted by Gasteiger charge is -2.30. The van der Waals surface area contributed by atoms with Gasteiger partial charge in [-0.1, -0.05) is 58.8 Å². The molecular formula is C16H31O2. The van der Waals surface area contributed by atoms with E-state index in [4.69, 9.17) is 9.47 Å². The van der Waals surface area contributed by atoms with E-state index < -0.39 is 0 Å². The summed E-state index contributed by atoms with van der Waals surface area (Å²) in [5.74, 6) is 0.613. The summed E-state index contributed by atoms with van der Waals surface area (Å²) in [4.78, 5) is 0. The third kappa shape index (κ3) is 6.75. The lowest BCUT2D eigenvalue weighted by molar-refractivity contribution is -0.190. The van der Waals surface area contributed by atoms with Crippen LogP contribution >= 0.6 is 0 Å². The van der Waals surface area contributed by atoms with Crippen LogP contribution < -0.4 is 0 Å². The summed E-state index contributed by atoms with van der Waals surface area (Å²) in [6.45, 7) is 6.06. The van der Waals surface area contributed by atoms with Gasteiger partial charge in [0, 0.05) is 12.3 Å². The van der Waals surface area contributed by atoms with Crippen LogP contribution in [0, 0.1) is 12.3 Å². The van der Waals surface area contributed by atoms with E-state index in [2.05, 4.69) is 20.3 Å². The molecule has 0 aromatic carbocycles. The molecule has 1 aliphatic rings. The second-order valence-corrected chi connectivity index (χ2v) is 5.43. The van der Waals surface area contributed by atoms with Crippen molar-refractivity contribution < 1.29 is 9.47 Å². The van der Waals surface area contributed by atoms with Gasteiger partial charge in [0.05, 0.1) is 13.2 Å². The van der Waals surface area contributed by atoms with E-state index in [1.54, 1.807) is 0 Å². The van der Waals surface area contributed by atoms with Gasteiger partial charge in [0.15, 0.2) is 6.29 Å². The minimum absolute atomic E-state index is 0.0634. The lowest BCUT2D eigenvalue weighted by Crippen LogP contribution is -2.32. The zero-order valence-corrected chi connectivity index (χ0v) is 12.3. The van der Waals surface area contributed by atoms with Crippen molar-refractivity contribution in [2.24, 2.45) is 5.92 Å². The van der Waals surface area contributed by atoms with E-state index in [9.17, 15) is 0 Å². The Kier molecular flexibility index (Phi) is 9.59. The molecule has 1 unspecified atom stereocenters. The quantitative estimate of drug-likeness (QED) is 0.525. The van der Waals surface area contributed by atoms with Crippen LogP contribution in [0.5, 0.6) is 0 Å². The molecule has 2 heteroatoms. The largest absolute Gasteiger partial charge is 0.352 e. The third-order valence-corrected chi connectivity index (χ3v) is 3.75. The summed E-state index contributed by atoms with van der Waals surface area (Å²) < 4.78 is 11.5. The summed E-state index contributed by atoms with van der Waals surface area (Å²) in [5.41, 5.74) is 0. The van der Waals surface area contributed by atoms with Gasteiger partial charge >= 0.3 is 0 Å². The monoisotopic (exact) mass is 255 g/mol. The Bertz CT molecular complexity index is 176. The van der Waals surface area contributed by atoms with Crippen molar-refractivity contribution in [2.75, 3.05) is 13.2 Å². The molecule has 1 radical (unpaired) electrons. The van der Waals surface area contributed by atoms with Crippen molar-refractivity contribution in [3.8, 4) is 0 Å². The van der Waals surface area contributed by atoms with Crippen LogP contribution in [-0.2, 0) is 9.47 Å². The average molecular weight is 255 g/mol. The minimum Gasteiger partial charge on any atom is -0.352 e. The fourth-order valence-electron chi connectivity index (χ4n) is 2.60. The van der Waals surface area contributed by atoms with Crippen molar-refractivity contribution in [3.05, 3.63) is 6.42 Å². The van der Waals surface area contributed by atoms with Crippen LogP contribution in [0.1, 0.15) is 71.6 Å². The van der Waals surface area contributed by atoms with Crippen LogP contribution in [0.2, 0.25) is 0 Å². The molecule has 0 aromatic rings. The van der Waals surface area contributed by atoms with Crippen LogP contribution in [0.3, 0.4) is 0 Å². The first kappa shape index (κ1) is 16.0. The standard InChI is InChI=1S/C16H31O2/c1-3-5-7-9-12-15(11-8-6-4-2)16-17-13-10-14-18-16/h10,15-16H,3-9,11-14H2,1-2H3. The molecular weight excluding hydrogens is 224 g/mol. The van der Waals surface area contributed by atoms with E-state index in [-0.39, 0.29) is 6.29 Å². The van der Waals surface area contributed by atoms with Crippen LogP contribution in [-0.4, -0.2) is 19.5 Å². The Balaban J connectivity index is 2.25. The molecule has 18 heavy (non-hydrogen) atoms. The van der Waals surface area contributed by atoms with Gasteiger partial charge in [-0.25, -0.2) is 0 Å². The highest BCUT2D eigenvalue weighted by Crippen LogP contribution is 2.25. The number of rotatable bonds is 10. The summed E-state index contributed by atoms with van der Waals surface area (Å²) in [6.07, 6.45) is 14.0. The molecule has 1 atom stereocenters. The predicted octanol–water partition coefficient (Wildman–Crippen LogP) is 4.73. The SMILES string of the molecule is CCCCCCC(CCCCC)C1OC[CH]CO1. The maximum Gasteiger partial charge on any atom is 0.160 e. The van der Waals surface area contributed by atoms with Crippen LogP contribution in [0.25, 0.3) is 0 Å². The average Bonchev–Trinajstić information content (AvgIpc) is 2.42. The topological polar surface area (TPSA) is 18.5 Å². The predicted molar refractivity (Wildman–Crippen MR) is 76.4 cm³/mol. The highest BCUT2D eigenvalue weighted by molar-refractivity contribution is 4.73. The van der Waals surface area contributed by atoms with Gasteiger partial charge in [-0.15, -0.1) is 0 Å². The number of unbranched alkanes of at least 4 members (excludes halogenated alkanes) is 5. The number of ether oxygens (including phenoxy) is 2.